The highest BCUT2D eigenvalue weighted by atomic mass is 16.4. The predicted molar refractivity (Wildman–Crippen MR) is 88.9 cm³/mol. The van der Waals surface area contributed by atoms with Gasteiger partial charge >= 0.3 is 11.9 Å². The lowest BCUT2D eigenvalue weighted by Crippen LogP contribution is -2.01. The van der Waals surface area contributed by atoms with Gasteiger partial charge in [-0.15, -0.1) is 0 Å². The molecule has 0 aromatic heterocycles. The fourth-order valence-corrected chi connectivity index (χ4v) is 2.15. The molecule has 0 heterocycles. The summed E-state index contributed by atoms with van der Waals surface area (Å²) in [5.41, 5.74) is 1.76. The van der Waals surface area contributed by atoms with Gasteiger partial charge in [-0.2, -0.15) is 0 Å². The number of benzene rings is 2. The second-order valence-corrected chi connectivity index (χ2v) is 5.20. The zero-order chi connectivity index (χ0) is 18.3. The molecule has 0 radical (unpaired) electrons. The minimum Gasteiger partial charge on any atom is -0.508 e. The summed E-state index contributed by atoms with van der Waals surface area (Å²) < 4.78 is 0. The fraction of sp³-hybridized carbons (Fsp3) is 0.222. The van der Waals surface area contributed by atoms with Crippen molar-refractivity contribution < 1.29 is 30.0 Å². The maximum absolute atomic E-state index is 10.7. The Hall–Kier alpha value is -3.02. The zero-order valence-corrected chi connectivity index (χ0v) is 13.5. The molecule has 128 valence electrons. The van der Waals surface area contributed by atoms with E-state index in [0.29, 0.717) is 17.5 Å². The number of carbonyl (C=O) groups is 2. The van der Waals surface area contributed by atoms with Crippen LogP contribution < -0.4 is 0 Å². The van der Waals surface area contributed by atoms with E-state index in [1.54, 1.807) is 6.92 Å². The average molecular weight is 332 g/mol. The highest BCUT2D eigenvalue weighted by Crippen LogP contribution is 2.18. The minimum absolute atomic E-state index is 0.0903. The molecule has 4 N–H and O–H groups in total. The number of aryl methyl sites for hydroxylation is 2. The molecule has 0 aliphatic heterocycles. The monoisotopic (exact) mass is 332 g/mol. The van der Waals surface area contributed by atoms with E-state index >= 15 is 0 Å². The third kappa shape index (κ3) is 5.31. The van der Waals surface area contributed by atoms with E-state index < -0.39 is 11.9 Å². The van der Waals surface area contributed by atoms with Crippen molar-refractivity contribution in [3.63, 3.8) is 0 Å². The molecule has 0 bridgehead atoms. The van der Waals surface area contributed by atoms with Crippen molar-refractivity contribution >= 4 is 11.9 Å². The van der Waals surface area contributed by atoms with Crippen LogP contribution in [0, 0.1) is 6.92 Å². The summed E-state index contributed by atoms with van der Waals surface area (Å²) in [7, 11) is 0. The number of aromatic hydroxyl groups is 2. The predicted octanol–water partition coefficient (Wildman–Crippen LogP) is 3.44. The number of hydrogen-bond acceptors (Lipinski definition) is 4. The lowest BCUT2D eigenvalue weighted by Gasteiger charge is -2.04. The first-order valence-corrected chi connectivity index (χ1v) is 7.34. The van der Waals surface area contributed by atoms with Crippen LogP contribution >= 0.6 is 0 Å². The molecule has 24 heavy (non-hydrogen) atoms. The zero-order valence-electron chi connectivity index (χ0n) is 13.5. The lowest BCUT2D eigenvalue weighted by molar-refractivity contribution is 0.0685. The van der Waals surface area contributed by atoms with Crippen LogP contribution in [0.2, 0.25) is 0 Å². The van der Waals surface area contributed by atoms with Crippen molar-refractivity contribution in [3.05, 3.63) is 58.7 Å². The van der Waals surface area contributed by atoms with Crippen LogP contribution in [0.1, 0.15) is 45.2 Å². The molecular formula is C18H20O6. The van der Waals surface area contributed by atoms with Crippen molar-refractivity contribution in [1.82, 2.24) is 0 Å². The van der Waals surface area contributed by atoms with Crippen LogP contribution in [-0.2, 0) is 6.42 Å². The van der Waals surface area contributed by atoms with Gasteiger partial charge in [0.05, 0.1) is 11.1 Å². The third-order valence-corrected chi connectivity index (χ3v) is 3.28. The third-order valence-electron chi connectivity index (χ3n) is 3.28. The van der Waals surface area contributed by atoms with Crippen LogP contribution in [0.5, 0.6) is 11.5 Å². The molecule has 0 spiro atoms. The summed E-state index contributed by atoms with van der Waals surface area (Å²) in [6, 6.07) is 8.49. The Balaban J connectivity index is 0.000000243. The maximum atomic E-state index is 10.7. The van der Waals surface area contributed by atoms with E-state index in [0.717, 1.165) is 6.42 Å². The summed E-state index contributed by atoms with van der Waals surface area (Å²) in [6.45, 7) is 3.61. The van der Waals surface area contributed by atoms with E-state index in [-0.39, 0.29) is 22.6 Å². The van der Waals surface area contributed by atoms with Gasteiger partial charge in [0.1, 0.15) is 11.5 Å². The number of carboxylic acids is 2. The standard InChI is InChI=1S/C10H12O3.C8H8O3/c1-2-3-7-6-8(11)4-5-9(7)10(12)13;1-5-4-6(9)2-3-7(5)8(10)11/h4-6,11H,2-3H2,1H3,(H,12,13);2-4,9H,1H3,(H,10,11). The highest BCUT2D eigenvalue weighted by Gasteiger charge is 2.09. The molecule has 0 aliphatic carbocycles. The molecule has 6 nitrogen and oxygen atoms in total. The Labute approximate surface area is 139 Å². The molecule has 0 saturated heterocycles. The summed E-state index contributed by atoms with van der Waals surface area (Å²) in [5.74, 6) is -1.70. The van der Waals surface area contributed by atoms with Crippen LogP contribution in [-0.4, -0.2) is 32.4 Å². The minimum atomic E-state index is -0.970. The maximum Gasteiger partial charge on any atom is 0.335 e. The normalized spacial score (nSPS) is 9.75. The summed E-state index contributed by atoms with van der Waals surface area (Å²) in [5, 5.41) is 35.5. The Kier molecular flexibility index (Phi) is 6.79. The SMILES string of the molecule is CCCc1cc(O)ccc1C(=O)O.Cc1cc(O)ccc1C(=O)O. The Morgan fingerprint density at radius 1 is 0.875 bits per heavy atom. The Morgan fingerprint density at radius 2 is 1.38 bits per heavy atom. The van der Waals surface area contributed by atoms with E-state index in [1.165, 1.54) is 36.4 Å². The number of aromatic carboxylic acids is 2. The quantitative estimate of drug-likeness (QED) is 0.682. The number of phenolic OH excluding ortho intramolecular Hbond substituents is 2. The summed E-state index contributed by atoms with van der Waals surface area (Å²) in [6.07, 6.45) is 1.54. The molecule has 0 amide bonds. The van der Waals surface area contributed by atoms with Gasteiger partial charge in [0.15, 0.2) is 0 Å². The van der Waals surface area contributed by atoms with Gasteiger partial charge in [-0.3, -0.25) is 0 Å². The van der Waals surface area contributed by atoms with E-state index in [1.807, 2.05) is 6.92 Å². The highest BCUT2D eigenvalue weighted by molar-refractivity contribution is 5.90. The lowest BCUT2D eigenvalue weighted by atomic mass is 10.0. The van der Waals surface area contributed by atoms with E-state index in [9.17, 15) is 9.59 Å². The van der Waals surface area contributed by atoms with E-state index in [2.05, 4.69) is 0 Å². The molecule has 0 atom stereocenters. The van der Waals surface area contributed by atoms with Crippen molar-refractivity contribution in [2.45, 2.75) is 26.7 Å². The molecule has 0 fully saturated rings. The Morgan fingerprint density at radius 3 is 1.83 bits per heavy atom. The molecular weight excluding hydrogens is 312 g/mol. The van der Waals surface area contributed by atoms with Crippen LogP contribution in [0.3, 0.4) is 0 Å². The van der Waals surface area contributed by atoms with Crippen molar-refractivity contribution in [2.24, 2.45) is 0 Å². The summed E-state index contributed by atoms with van der Waals surface area (Å²) >= 11 is 0. The van der Waals surface area contributed by atoms with Gasteiger partial charge in [-0.25, -0.2) is 9.59 Å². The van der Waals surface area contributed by atoms with Crippen LogP contribution in [0.4, 0.5) is 0 Å². The molecule has 2 aromatic rings. The van der Waals surface area contributed by atoms with Crippen molar-refractivity contribution in [3.8, 4) is 11.5 Å². The van der Waals surface area contributed by atoms with Gasteiger partial charge in [0.25, 0.3) is 0 Å². The smallest absolute Gasteiger partial charge is 0.335 e. The number of hydrogen-bond donors (Lipinski definition) is 4. The second-order valence-electron chi connectivity index (χ2n) is 5.20. The number of rotatable bonds is 4. The first kappa shape index (κ1) is 19.0. The molecule has 0 unspecified atom stereocenters. The van der Waals surface area contributed by atoms with Crippen LogP contribution in [0.25, 0.3) is 0 Å². The molecule has 0 saturated carbocycles. The van der Waals surface area contributed by atoms with Crippen molar-refractivity contribution in [1.29, 1.82) is 0 Å². The molecule has 2 rings (SSSR count). The van der Waals surface area contributed by atoms with Gasteiger partial charge in [-0.1, -0.05) is 13.3 Å². The number of carboxylic acid groups (broad SMARTS) is 2. The largest absolute Gasteiger partial charge is 0.508 e. The first-order chi connectivity index (χ1) is 11.3. The number of phenols is 2. The van der Waals surface area contributed by atoms with Gasteiger partial charge in [0, 0.05) is 0 Å². The van der Waals surface area contributed by atoms with Crippen LogP contribution in [0.15, 0.2) is 36.4 Å². The molecule has 2 aromatic carbocycles. The summed E-state index contributed by atoms with van der Waals surface area (Å²) in [4.78, 5) is 21.2. The van der Waals surface area contributed by atoms with Crippen molar-refractivity contribution in [2.75, 3.05) is 0 Å². The second kappa shape index (κ2) is 8.57. The molecule has 0 aliphatic rings. The van der Waals surface area contributed by atoms with Gasteiger partial charge in [0.2, 0.25) is 0 Å². The topological polar surface area (TPSA) is 115 Å². The Bertz CT molecular complexity index is 736. The fourth-order valence-electron chi connectivity index (χ4n) is 2.15. The van der Waals surface area contributed by atoms with Gasteiger partial charge in [-0.05, 0) is 60.9 Å². The molecule has 6 heteroatoms. The van der Waals surface area contributed by atoms with E-state index in [4.69, 9.17) is 20.4 Å². The first-order valence-electron chi connectivity index (χ1n) is 7.34. The van der Waals surface area contributed by atoms with Gasteiger partial charge < -0.3 is 20.4 Å². The average Bonchev–Trinajstić information content (AvgIpc) is 2.47.